The third kappa shape index (κ3) is 4.12. The molecule has 3 atom stereocenters. The highest BCUT2D eigenvalue weighted by molar-refractivity contribution is 5.43. The fourth-order valence-corrected chi connectivity index (χ4v) is 6.96. The number of hydrogen-bond donors (Lipinski definition) is 1. The van der Waals surface area contributed by atoms with E-state index in [1.54, 1.807) is 18.2 Å². The molecule has 2 aliphatic carbocycles. The van der Waals surface area contributed by atoms with Gasteiger partial charge in [-0.1, -0.05) is 58.4 Å². The monoisotopic (exact) mass is 433 g/mol. The molecular formula is C30H43NO. The molecule has 2 aromatic carbocycles. The Labute approximate surface area is 196 Å². The average Bonchev–Trinajstić information content (AvgIpc) is 2.75. The first kappa shape index (κ1) is 23.4. The molecule has 2 nitrogen and oxygen atoms in total. The van der Waals surface area contributed by atoms with Gasteiger partial charge in [-0.15, -0.1) is 0 Å². The Hall–Kier alpha value is -1.80. The van der Waals surface area contributed by atoms with E-state index in [1.165, 1.54) is 54.4 Å². The molecule has 0 bridgehead atoms. The van der Waals surface area contributed by atoms with Gasteiger partial charge in [0, 0.05) is 13.1 Å². The fraction of sp³-hybridized carbons (Fsp3) is 0.600. The number of hydrogen-bond acceptors (Lipinski definition) is 2. The summed E-state index contributed by atoms with van der Waals surface area (Å²) in [5.74, 6) is 2.34. The van der Waals surface area contributed by atoms with Gasteiger partial charge in [0.1, 0.15) is 5.75 Å². The molecule has 32 heavy (non-hydrogen) atoms. The van der Waals surface area contributed by atoms with Crippen LogP contribution in [0.2, 0.25) is 0 Å². The third-order valence-electron chi connectivity index (χ3n) is 8.87. The Morgan fingerprint density at radius 2 is 1.84 bits per heavy atom. The molecule has 174 valence electrons. The second kappa shape index (κ2) is 8.86. The number of fused-ring (bicyclic) bond motifs is 3. The third-order valence-corrected chi connectivity index (χ3v) is 8.87. The van der Waals surface area contributed by atoms with Crippen molar-refractivity contribution < 1.29 is 4.74 Å². The minimum Gasteiger partial charge on any atom is -0.496 e. The second-order valence-electron chi connectivity index (χ2n) is 11.4. The lowest BCUT2D eigenvalue weighted by molar-refractivity contribution is 0.0257. The van der Waals surface area contributed by atoms with Crippen LogP contribution in [-0.4, -0.2) is 13.7 Å². The van der Waals surface area contributed by atoms with Crippen LogP contribution in [0.15, 0.2) is 30.3 Å². The van der Waals surface area contributed by atoms with Crippen molar-refractivity contribution in [3.8, 4) is 5.75 Å². The lowest BCUT2D eigenvalue weighted by Crippen LogP contribution is -2.52. The first-order valence-electron chi connectivity index (χ1n) is 12.7. The average molecular weight is 434 g/mol. The van der Waals surface area contributed by atoms with Crippen molar-refractivity contribution >= 4 is 0 Å². The molecule has 1 N–H and O–H groups in total. The lowest BCUT2D eigenvalue weighted by atomic mass is 9.49. The summed E-state index contributed by atoms with van der Waals surface area (Å²) in [6, 6.07) is 11.9. The van der Waals surface area contributed by atoms with Crippen molar-refractivity contribution in [2.45, 2.75) is 91.5 Å². The van der Waals surface area contributed by atoms with E-state index in [4.69, 9.17) is 4.74 Å². The van der Waals surface area contributed by atoms with Crippen molar-refractivity contribution in [2.24, 2.45) is 11.3 Å². The van der Waals surface area contributed by atoms with Crippen molar-refractivity contribution in [2.75, 3.05) is 13.7 Å². The Balaban J connectivity index is 1.52. The van der Waals surface area contributed by atoms with Crippen molar-refractivity contribution in [3.63, 3.8) is 0 Å². The van der Waals surface area contributed by atoms with Crippen LogP contribution in [0.1, 0.15) is 92.7 Å². The lowest BCUT2D eigenvalue weighted by Gasteiger charge is -2.55. The van der Waals surface area contributed by atoms with E-state index < -0.39 is 0 Å². The molecule has 2 aromatic rings. The molecule has 2 heteroatoms. The molecule has 4 rings (SSSR count). The van der Waals surface area contributed by atoms with Crippen LogP contribution in [0.25, 0.3) is 0 Å². The van der Waals surface area contributed by atoms with Gasteiger partial charge < -0.3 is 10.1 Å². The van der Waals surface area contributed by atoms with E-state index in [2.05, 4.69) is 77.2 Å². The molecule has 2 aliphatic rings. The summed E-state index contributed by atoms with van der Waals surface area (Å²) in [6.07, 6.45) is 6.56. The van der Waals surface area contributed by atoms with Gasteiger partial charge in [-0.2, -0.15) is 0 Å². The Morgan fingerprint density at radius 3 is 2.56 bits per heavy atom. The molecule has 0 spiro atoms. The summed E-state index contributed by atoms with van der Waals surface area (Å²) < 4.78 is 5.50. The molecule has 0 aliphatic heterocycles. The highest BCUT2D eigenvalue weighted by Gasteiger charge is 2.51. The predicted molar refractivity (Wildman–Crippen MR) is 136 cm³/mol. The molecular weight excluding hydrogens is 390 g/mol. The summed E-state index contributed by atoms with van der Waals surface area (Å²) >= 11 is 0. The molecule has 0 aromatic heterocycles. The van der Waals surface area contributed by atoms with E-state index in [0.717, 1.165) is 24.8 Å². The highest BCUT2D eigenvalue weighted by atomic mass is 16.5. The van der Waals surface area contributed by atoms with E-state index in [9.17, 15) is 0 Å². The highest BCUT2D eigenvalue weighted by Crippen LogP contribution is 2.57. The zero-order valence-electron chi connectivity index (χ0n) is 21.4. The van der Waals surface area contributed by atoms with Gasteiger partial charge in [-0.05, 0) is 102 Å². The van der Waals surface area contributed by atoms with Gasteiger partial charge in [0.05, 0.1) is 7.11 Å². The normalized spacial score (nSPS) is 27.2. The van der Waals surface area contributed by atoms with Crippen molar-refractivity contribution in [1.29, 1.82) is 0 Å². The molecule has 0 radical (unpaired) electrons. The molecule has 1 saturated carbocycles. The summed E-state index contributed by atoms with van der Waals surface area (Å²) in [6.45, 7) is 16.1. The van der Waals surface area contributed by atoms with Crippen molar-refractivity contribution in [3.05, 3.63) is 63.7 Å². The number of benzene rings is 2. The maximum Gasteiger partial charge on any atom is 0.122 e. The number of methoxy groups -OCH3 is 1. The van der Waals surface area contributed by atoms with Crippen LogP contribution in [0.5, 0.6) is 5.75 Å². The van der Waals surface area contributed by atoms with E-state index >= 15 is 0 Å². The zero-order valence-corrected chi connectivity index (χ0v) is 21.4. The second-order valence-corrected chi connectivity index (χ2v) is 11.4. The zero-order chi connectivity index (χ0) is 23.1. The number of aryl methyl sites for hydroxylation is 3. The van der Waals surface area contributed by atoms with Crippen LogP contribution in [0.4, 0.5) is 0 Å². The molecule has 1 fully saturated rings. The van der Waals surface area contributed by atoms with Crippen molar-refractivity contribution in [1.82, 2.24) is 5.32 Å². The molecule has 0 unspecified atom stereocenters. The van der Waals surface area contributed by atoms with E-state index in [-0.39, 0.29) is 0 Å². The molecule has 0 saturated heterocycles. The first-order chi connectivity index (χ1) is 15.2. The fourth-order valence-electron chi connectivity index (χ4n) is 6.96. The topological polar surface area (TPSA) is 21.3 Å². The number of rotatable bonds is 6. The van der Waals surface area contributed by atoms with Crippen LogP contribution >= 0.6 is 0 Å². The molecule has 0 heterocycles. The minimum atomic E-state index is 0.310. The van der Waals surface area contributed by atoms with Gasteiger partial charge >= 0.3 is 0 Å². The summed E-state index contributed by atoms with van der Waals surface area (Å²) in [5.41, 5.74) is 9.34. The summed E-state index contributed by atoms with van der Waals surface area (Å²) in [4.78, 5) is 0. The van der Waals surface area contributed by atoms with E-state index in [1.807, 2.05) is 0 Å². The Morgan fingerprint density at radius 1 is 1.06 bits per heavy atom. The van der Waals surface area contributed by atoms with Crippen LogP contribution in [-0.2, 0) is 18.4 Å². The first-order valence-corrected chi connectivity index (χ1v) is 12.7. The van der Waals surface area contributed by atoms with Crippen LogP contribution < -0.4 is 10.1 Å². The van der Waals surface area contributed by atoms with Gasteiger partial charge in [-0.25, -0.2) is 0 Å². The predicted octanol–water partition coefficient (Wildman–Crippen LogP) is 7.24. The summed E-state index contributed by atoms with van der Waals surface area (Å²) in [5, 5.41) is 3.87. The van der Waals surface area contributed by atoms with Gasteiger partial charge in [0.2, 0.25) is 0 Å². The molecule has 0 amide bonds. The van der Waals surface area contributed by atoms with Gasteiger partial charge in [0.25, 0.3) is 0 Å². The SMILES string of the molecule is COc1cc(C)c(CNC[C@]2(C)CCC[C@]3(C)c4ccc(C(C)C)cc4CC[C@@H]23)cc1C. The van der Waals surface area contributed by atoms with Crippen LogP contribution in [0.3, 0.4) is 0 Å². The standard InChI is InChI=1S/C30H43NO/c1-20(2)23-9-11-26-24(17-23)10-12-28-29(5,13-8-14-30(26,28)6)19-31-18-25-15-22(4)27(32-7)16-21(25)3/h9,11,15-17,20,28,31H,8,10,12-14,18-19H2,1-7H3/t28-,29-,30+/m0/s1. The maximum absolute atomic E-state index is 5.50. The smallest absolute Gasteiger partial charge is 0.122 e. The minimum absolute atomic E-state index is 0.310. The van der Waals surface area contributed by atoms with Crippen LogP contribution in [0, 0.1) is 25.2 Å². The largest absolute Gasteiger partial charge is 0.496 e. The quantitative estimate of drug-likeness (QED) is 0.518. The van der Waals surface area contributed by atoms with E-state index in [0.29, 0.717) is 16.7 Å². The Kier molecular flexibility index (Phi) is 6.47. The van der Waals surface area contributed by atoms with Gasteiger partial charge in [-0.3, -0.25) is 0 Å². The maximum atomic E-state index is 5.50. The number of nitrogens with one attached hydrogen (secondary N) is 1. The summed E-state index contributed by atoms with van der Waals surface area (Å²) in [7, 11) is 1.76. The van der Waals surface area contributed by atoms with Gasteiger partial charge in [0.15, 0.2) is 0 Å². The number of ether oxygens (including phenoxy) is 1. The Bertz CT molecular complexity index is 977.